The number of fused-ring (bicyclic) bond motifs is 1. The highest BCUT2D eigenvalue weighted by atomic mass is 16.4. The number of aromatic nitrogens is 1. The zero-order valence-corrected chi connectivity index (χ0v) is 8.88. The lowest BCUT2D eigenvalue weighted by Crippen LogP contribution is -2.11. The van der Waals surface area contributed by atoms with E-state index in [1.807, 2.05) is 0 Å². The summed E-state index contributed by atoms with van der Waals surface area (Å²) in [7, 11) is 0. The van der Waals surface area contributed by atoms with Gasteiger partial charge in [-0.3, -0.25) is 9.59 Å². The Labute approximate surface area is 96.4 Å². The second kappa shape index (κ2) is 3.82. The summed E-state index contributed by atoms with van der Waals surface area (Å²) in [5.41, 5.74) is 12.2. The number of benzene rings is 1. The topological polar surface area (TPSA) is 111 Å². The van der Waals surface area contributed by atoms with Crippen molar-refractivity contribution >= 4 is 28.5 Å². The first kappa shape index (κ1) is 11.0. The maximum atomic E-state index is 11.2. The molecule has 5 N–H and O–H groups in total. The van der Waals surface area contributed by atoms with Gasteiger partial charge in [0.15, 0.2) is 0 Å². The summed E-state index contributed by atoms with van der Waals surface area (Å²) in [5.74, 6) is -1.60. The molecule has 0 radical (unpaired) electrons. The van der Waals surface area contributed by atoms with E-state index in [0.717, 1.165) is 0 Å². The fraction of sp³-hybridized carbons (Fsp3) is 0.0909. The van der Waals surface area contributed by atoms with Crippen molar-refractivity contribution in [3.63, 3.8) is 0 Å². The zero-order valence-electron chi connectivity index (χ0n) is 8.88. The molecule has 0 aliphatic heterocycles. The van der Waals surface area contributed by atoms with Gasteiger partial charge in [-0.25, -0.2) is 0 Å². The molecule has 2 aromatic rings. The first-order valence-corrected chi connectivity index (χ1v) is 4.89. The van der Waals surface area contributed by atoms with Gasteiger partial charge in [0.05, 0.1) is 5.56 Å². The minimum Gasteiger partial charge on any atom is -0.480 e. The molecule has 1 amide bonds. The zero-order chi connectivity index (χ0) is 12.6. The molecule has 1 aromatic heterocycles. The molecular formula is C11H11N3O3. The van der Waals surface area contributed by atoms with Gasteiger partial charge in [0, 0.05) is 22.8 Å². The third-order valence-corrected chi connectivity index (χ3v) is 2.48. The van der Waals surface area contributed by atoms with Crippen molar-refractivity contribution in [1.82, 2.24) is 4.57 Å². The van der Waals surface area contributed by atoms with E-state index in [4.69, 9.17) is 16.6 Å². The van der Waals surface area contributed by atoms with Crippen LogP contribution in [-0.2, 0) is 11.3 Å². The van der Waals surface area contributed by atoms with E-state index in [0.29, 0.717) is 16.6 Å². The molecule has 1 heterocycles. The molecule has 0 saturated heterocycles. The van der Waals surface area contributed by atoms with Crippen molar-refractivity contribution in [3.05, 3.63) is 30.0 Å². The third kappa shape index (κ3) is 1.92. The number of nitrogens with zero attached hydrogens (tertiary/aromatic N) is 1. The molecular weight excluding hydrogens is 222 g/mol. The summed E-state index contributed by atoms with van der Waals surface area (Å²) >= 11 is 0. The van der Waals surface area contributed by atoms with Gasteiger partial charge >= 0.3 is 5.97 Å². The number of rotatable bonds is 3. The second-order valence-electron chi connectivity index (χ2n) is 3.71. The van der Waals surface area contributed by atoms with Gasteiger partial charge in [-0.1, -0.05) is 0 Å². The molecule has 0 spiro atoms. The van der Waals surface area contributed by atoms with Crippen LogP contribution in [0.25, 0.3) is 10.9 Å². The Balaban J connectivity index is 2.70. The number of nitrogen functional groups attached to an aromatic ring is 1. The van der Waals surface area contributed by atoms with Gasteiger partial charge in [0.25, 0.3) is 5.91 Å². The number of amides is 1. The van der Waals surface area contributed by atoms with Crippen LogP contribution >= 0.6 is 0 Å². The normalized spacial score (nSPS) is 10.6. The standard InChI is InChI=1S/C11H11N3O3/c12-6-1-2-9-7(3-6)8(11(13)17)4-14(9)5-10(15)16/h1-4H,5,12H2,(H2,13,17)(H,15,16). The van der Waals surface area contributed by atoms with Crippen LogP contribution in [0.4, 0.5) is 5.69 Å². The molecule has 6 heteroatoms. The van der Waals surface area contributed by atoms with Crippen molar-refractivity contribution < 1.29 is 14.7 Å². The lowest BCUT2D eigenvalue weighted by Gasteiger charge is -2.00. The molecule has 0 bridgehead atoms. The van der Waals surface area contributed by atoms with Crippen molar-refractivity contribution in [2.24, 2.45) is 5.73 Å². The quantitative estimate of drug-likeness (QED) is 0.666. The second-order valence-corrected chi connectivity index (χ2v) is 3.71. The number of primary amides is 1. The average molecular weight is 233 g/mol. The van der Waals surface area contributed by atoms with Gasteiger partial charge in [0.1, 0.15) is 6.54 Å². The van der Waals surface area contributed by atoms with E-state index in [1.54, 1.807) is 18.2 Å². The number of carboxylic acids is 1. The minimum atomic E-state index is -0.991. The average Bonchev–Trinajstić information content (AvgIpc) is 2.55. The molecule has 2 rings (SSSR count). The van der Waals surface area contributed by atoms with Crippen LogP contribution in [0.1, 0.15) is 10.4 Å². The largest absolute Gasteiger partial charge is 0.480 e. The lowest BCUT2D eigenvalue weighted by molar-refractivity contribution is -0.137. The summed E-state index contributed by atoms with van der Waals surface area (Å²) in [5, 5.41) is 9.34. The summed E-state index contributed by atoms with van der Waals surface area (Å²) < 4.78 is 1.46. The molecule has 0 saturated carbocycles. The van der Waals surface area contributed by atoms with E-state index in [9.17, 15) is 9.59 Å². The minimum absolute atomic E-state index is 0.228. The Bertz CT molecular complexity index is 616. The number of nitrogens with two attached hydrogens (primary N) is 2. The summed E-state index contributed by atoms with van der Waals surface area (Å²) in [6.45, 7) is -0.228. The molecule has 0 unspecified atom stereocenters. The summed E-state index contributed by atoms with van der Waals surface area (Å²) in [6.07, 6.45) is 1.43. The molecule has 6 nitrogen and oxygen atoms in total. The van der Waals surface area contributed by atoms with Crippen LogP contribution in [0.3, 0.4) is 0 Å². The number of hydrogen-bond donors (Lipinski definition) is 3. The smallest absolute Gasteiger partial charge is 0.323 e. The van der Waals surface area contributed by atoms with Gasteiger partial charge in [-0.05, 0) is 18.2 Å². The van der Waals surface area contributed by atoms with Crippen molar-refractivity contribution in [2.75, 3.05) is 5.73 Å². The van der Waals surface area contributed by atoms with Crippen molar-refractivity contribution in [3.8, 4) is 0 Å². The number of carbonyl (C=O) groups is 2. The highest BCUT2D eigenvalue weighted by Crippen LogP contribution is 2.23. The maximum Gasteiger partial charge on any atom is 0.323 e. The third-order valence-electron chi connectivity index (χ3n) is 2.48. The van der Waals surface area contributed by atoms with Crippen molar-refractivity contribution in [2.45, 2.75) is 6.54 Å². The SMILES string of the molecule is NC(=O)c1cn(CC(=O)O)c2ccc(N)cc12. The molecule has 0 atom stereocenters. The number of carbonyl (C=O) groups excluding carboxylic acids is 1. The van der Waals surface area contributed by atoms with Gasteiger partial charge in [-0.15, -0.1) is 0 Å². The highest BCUT2D eigenvalue weighted by Gasteiger charge is 2.14. The number of carboxylic acid groups (broad SMARTS) is 1. The van der Waals surface area contributed by atoms with Gasteiger partial charge in [-0.2, -0.15) is 0 Å². The highest BCUT2D eigenvalue weighted by molar-refractivity contribution is 6.07. The van der Waals surface area contributed by atoms with Gasteiger partial charge < -0.3 is 21.1 Å². The molecule has 1 aromatic carbocycles. The number of anilines is 1. The number of hydrogen-bond acceptors (Lipinski definition) is 3. The molecule has 0 fully saturated rings. The fourth-order valence-corrected chi connectivity index (χ4v) is 1.79. The Morgan fingerprint density at radius 2 is 2.06 bits per heavy atom. The Morgan fingerprint density at radius 3 is 2.65 bits per heavy atom. The molecule has 0 aliphatic carbocycles. The van der Waals surface area contributed by atoms with Crippen LogP contribution in [0, 0.1) is 0 Å². The first-order valence-electron chi connectivity index (χ1n) is 4.89. The van der Waals surface area contributed by atoms with Crippen LogP contribution in [-0.4, -0.2) is 21.6 Å². The van der Waals surface area contributed by atoms with E-state index in [2.05, 4.69) is 0 Å². The monoisotopic (exact) mass is 233 g/mol. The van der Waals surface area contributed by atoms with Crippen LogP contribution < -0.4 is 11.5 Å². The fourth-order valence-electron chi connectivity index (χ4n) is 1.79. The Morgan fingerprint density at radius 1 is 1.35 bits per heavy atom. The Hall–Kier alpha value is -2.50. The molecule has 88 valence electrons. The lowest BCUT2D eigenvalue weighted by atomic mass is 10.1. The summed E-state index contributed by atoms with van der Waals surface area (Å²) in [4.78, 5) is 21.9. The molecule has 17 heavy (non-hydrogen) atoms. The van der Waals surface area contributed by atoms with Crippen LogP contribution in [0.15, 0.2) is 24.4 Å². The first-order chi connectivity index (χ1) is 7.99. The van der Waals surface area contributed by atoms with Crippen molar-refractivity contribution in [1.29, 1.82) is 0 Å². The van der Waals surface area contributed by atoms with Crippen LogP contribution in [0.2, 0.25) is 0 Å². The van der Waals surface area contributed by atoms with E-state index >= 15 is 0 Å². The van der Waals surface area contributed by atoms with Gasteiger partial charge in [0.2, 0.25) is 0 Å². The predicted molar refractivity (Wildman–Crippen MR) is 62.5 cm³/mol. The summed E-state index contributed by atoms with van der Waals surface area (Å²) in [6, 6.07) is 4.92. The predicted octanol–water partition coefficient (Wildman–Crippen LogP) is 0.407. The number of aliphatic carboxylic acids is 1. The van der Waals surface area contributed by atoms with E-state index in [1.165, 1.54) is 10.8 Å². The maximum absolute atomic E-state index is 11.2. The van der Waals surface area contributed by atoms with Crippen LogP contribution in [0.5, 0.6) is 0 Å². The molecule has 0 aliphatic rings. The van der Waals surface area contributed by atoms with E-state index in [-0.39, 0.29) is 12.1 Å². The Kier molecular flexibility index (Phi) is 2.47. The van der Waals surface area contributed by atoms with E-state index < -0.39 is 11.9 Å².